The van der Waals surface area contributed by atoms with Crippen LogP contribution in [0.4, 0.5) is 34.1 Å². The first kappa shape index (κ1) is 31.2. The van der Waals surface area contributed by atoms with Crippen LogP contribution in [-0.4, -0.2) is 36.4 Å². The van der Waals surface area contributed by atoms with Crippen molar-refractivity contribution in [3.8, 4) is 22.6 Å². The van der Waals surface area contributed by atoms with E-state index in [9.17, 15) is 19.8 Å². The molecule has 0 unspecified atom stereocenters. The Kier molecular flexibility index (Phi) is 8.37. The van der Waals surface area contributed by atoms with Gasteiger partial charge in [-0.25, -0.2) is 9.59 Å². The molecule has 0 bridgehead atoms. The average Bonchev–Trinajstić information content (AvgIpc) is 3.10. The van der Waals surface area contributed by atoms with Gasteiger partial charge in [0.15, 0.2) is 0 Å². The first-order valence-corrected chi connectivity index (χ1v) is 14.5. The summed E-state index contributed by atoms with van der Waals surface area (Å²) in [6, 6.07) is 27.3. The van der Waals surface area contributed by atoms with Gasteiger partial charge in [-0.3, -0.25) is 0 Å². The average molecular weight is 641 g/mol. The molecule has 0 aromatic heterocycles. The fraction of sp³-hybridized carbons (Fsp3) is 0.0556. The molecule has 6 aromatic carbocycles. The first-order valence-electron chi connectivity index (χ1n) is 14.5. The van der Waals surface area contributed by atoms with E-state index in [4.69, 9.17) is 20.9 Å². The summed E-state index contributed by atoms with van der Waals surface area (Å²) >= 11 is 0. The molecule has 0 atom stereocenters. The van der Waals surface area contributed by atoms with Crippen molar-refractivity contribution < 1.29 is 29.3 Å². The normalized spacial score (nSPS) is 11.5. The largest absolute Gasteiger partial charge is 0.494 e. The number of fused-ring (bicyclic) bond motifs is 2. The van der Waals surface area contributed by atoms with Gasteiger partial charge in [-0.05, 0) is 58.3 Å². The number of methoxy groups -OCH3 is 2. The third-order valence-corrected chi connectivity index (χ3v) is 7.81. The van der Waals surface area contributed by atoms with Crippen molar-refractivity contribution >= 4 is 67.6 Å². The number of aromatic carboxylic acids is 2. The predicted octanol–water partition coefficient (Wildman–Crippen LogP) is 9.07. The Morgan fingerprint density at radius 1 is 0.521 bits per heavy atom. The highest BCUT2D eigenvalue weighted by atomic mass is 16.5. The molecule has 12 heteroatoms. The summed E-state index contributed by atoms with van der Waals surface area (Å²) in [4.78, 5) is 23.8. The molecule has 0 heterocycles. The minimum absolute atomic E-state index is 0.0683. The Bertz CT molecular complexity index is 2160. The number of nitrogens with zero attached hydrogens (tertiary/aromatic N) is 4. The molecule has 6 N–H and O–H groups in total. The second-order valence-electron chi connectivity index (χ2n) is 10.6. The Labute approximate surface area is 273 Å². The lowest BCUT2D eigenvalue weighted by Crippen LogP contribution is -1.99. The van der Waals surface area contributed by atoms with Gasteiger partial charge in [0.05, 0.1) is 36.7 Å². The maximum atomic E-state index is 11.9. The number of nitrogens with two attached hydrogens (primary N) is 2. The second kappa shape index (κ2) is 12.9. The highest BCUT2D eigenvalue weighted by molar-refractivity contribution is 6.11. The van der Waals surface area contributed by atoms with E-state index < -0.39 is 11.9 Å². The summed E-state index contributed by atoms with van der Waals surface area (Å²) in [5.41, 5.74) is 16.2. The van der Waals surface area contributed by atoms with Gasteiger partial charge in [0.25, 0.3) is 0 Å². The van der Waals surface area contributed by atoms with Crippen LogP contribution in [-0.2, 0) is 0 Å². The van der Waals surface area contributed by atoms with E-state index in [1.165, 1.54) is 26.4 Å². The van der Waals surface area contributed by atoms with Gasteiger partial charge >= 0.3 is 11.9 Å². The van der Waals surface area contributed by atoms with Crippen LogP contribution in [0.2, 0.25) is 0 Å². The fourth-order valence-corrected chi connectivity index (χ4v) is 5.38. The zero-order chi connectivity index (χ0) is 33.9. The second-order valence-corrected chi connectivity index (χ2v) is 10.6. The van der Waals surface area contributed by atoms with Gasteiger partial charge in [0.2, 0.25) is 0 Å². The maximum Gasteiger partial charge on any atom is 0.336 e. The molecule has 0 spiro atoms. The van der Waals surface area contributed by atoms with E-state index in [1.54, 1.807) is 72.8 Å². The highest BCUT2D eigenvalue weighted by Crippen LogP contribution is 2.40. The number of benzene rings is 6. The number of rotatable bonds is 9. The number of carbonyl (C=O) groups is 2. The molecular formula is C36H28N6O6. The molecule has 0 radical (unpaired) electrons. The van der Waals surface area contributed by atoms with Crippen molar-refractivity contribution in [1.29, 1.82) is 0 Å². The van der Waals surface area contributed by atoms with Crippen LogP contribution >= 0.6 is 0 Å². The Hall–Kier alpha value is -6.82. The van der Waals surface area contributed by atoms with Gasteiger partial charge in [-0.2, -0.15) is 0 Å². The van der Waals surface area contributed by atoms with Crippen molar-refractivity contribution in [1.82, 2.24) is 0 Å². The van der Waals surface area contributed by atoms with Crippen LogP contribution in [0.25, 0.3) is 32.7 Å². The van der Waals surface area contributed by atoms with Crippen LogP contribution in [0.15, 0.2) is 118 Å². The molecule has 0 fully saturated rings. The molecule has 0 aliphatic rings. The monoisotopic (exact) mass is 640 g/mol. The Morgan fingerprint density at radius 3 is 1.23 bits per heavy atom. The SMILES string of the molecule is COc1cc(-c2ccc(N=Nc3cc(C(=O)O)c4ccccc4c3N)c(OC)c2)ccc1N=Nc1cc(C(=O)O)c2ccccc2c1N. The Balaban J connectivity index is 1.30. The molecule has 0 aliphatic carbocycles. The number of carboxylic acids is 2. The van der Waals surface area contributed by atoms with Gasteiger partial charge in [-0.1, -0.05) is 60.7 Å². The van der Waals surface area contributed by atoms with E-state index in [2.05, 4.69) is 20.5 Å². The van der Waals surface area contributed by atoms with Crippen molar-refractivity contribution in [3.05, 3.63) is 108 Å². The van der Waals surface area contributed by atoms with E-state index in [0.29, 0.717) is 55.8 Å². The van der Waals surface area contributed by atoms with Crippen LogP contribution in [0.3, 0.4) is 0 Å². The molecule has 12 nitrogen and oxygen atoms in total. The topological polar surface area (TPSA) is 195 Å². The zero-order valence-electron chi connectivity index (χ0n) is 25.7. The number of ether oxygens (including phenoxy) is 2. The molecule has 6 rings (SSSR count). The number of hydrogen-bond donors (Lipinski definition) is 4. The van der Waals surface area contributed by atoms with E-state index in [-0.39, 0.29) is 22.5 Å². The van der Waals surface area contributed by atoms with Crippen LogP contribution in [0, 0.1) is 0 Å². The molecule has 6 aromatic rings. The van der Waals surface area contributed by atoms with Crippen molar-refractivity contribution in [3.63, 3.8) is 0 Å². The first-order chi connectivity index (χ1) is 23.2. The molecule has 238 valence electrons. The van der Waals surface area contributed by atoms with Crippen LogP contribution < -0.4 is 20.9 Å². The molecule has 0 saturated carbocycles. The van der Waals surface area contributed by atoms with E-state index >= 15 is 0 Å². The third-order valence-electron chi connectivity index (χ3n) is 7.81. The number of carboxylic acid groups (broad SMARTS) is 2. The lowest BCUT2D eigenvalue weighted by molar-refractivity contribution is 0.0688. The van der Waals surface area contributed by atoms with Crippen LogP contribution in [0.5, 0.6) is 11.5 Å². The quantitative estimate of drug-likeness (QED) is 0.0886. The zero-order valence-corrected chi connectivity index (χ0v) is 25.7. The van der Waals surface area contributed by atoms with Gasteiger partial charge in [-0.15, -0.1) is 20.5 Å². The van der Waals surface area contributed by atoms with Gasteiger partial charge in [0.1, 0.15) is 34.2 Å². The predicted molar refractivity (Wildman–Crippen MR) is 184 cm³/mol. The molecule has 0 amide bonds. The summed E-state index contributed by atoms with van der Waals surface area (Å²) in [6.07, 6.45) is 0. The van der Waals surface area contributed by atoms with Crippen molar-refractivity contribution in [2.75, 3.05) is 25.7 Å². The van der Waals surface area contributed by atoms with Gasteiger partial charge in [0, 0.05) is 10.8 Å². The molecule has 0 saturated heterocycles. The summed E-state index contributed by atoms with van der Waals surface area (Å²) < 4.78 is 11.2. The molecule has 48 heavy (non-hydrogen) atoms. The molecule has 0 aliphatic heterocycles. The molecular weight excluding hydrogens is 612 g/mol. The van der Waals surface area contributed by atoms with Crippen molar-refractivity contribution in [2.24, 2.45) is 20.5 Å². The lowest BCUT2D eigenvalue weighted by Gasteiger charge is -2.11. The summed E-state index contributed by atoms with van der Waals surface area (Å²) in [5.74, 6) is -1.37. The minimum Gasteiger partial charge on any atom is -0.494 e. The highest BCUT2D eigenvalue weighted by Gasteiger charge is 2.17. The maximum absolute atomic E-state index is 11.9. The fourth-order valence-electron chi connectivity index (χ4n) is 5.38. The minimum atomic E-state index is -1.10. The van der Waals surface area contributed by atoms with E-state index in [1.807, 2.05) is 12.1 Å². The number of hydrogen-bond acceptors (Lipinski definition) is 10. The smallest absolute Gasteiger partial charge is 0.336 e. The third kappa shape index (κ3) is 5.81. The summed E-state index contributed by atoms with van der Waals surface area (Å²) in [6.45, 7) is 0. The number of nitrogen functional groups attached to an aromatic ring is 2. The van der Waals surface area contributed by atoms with Gasteiger partial charge < -0.3 is 31.2 Å². The van der Waals surface area contributed by atoms with Crippen LogP contribution in [0.1, 0.15) is 20.7 Å². The standard InChI is InChI=1S/C36H28N6O6/c1-47-31-15-19(11-13-27(31)39-41-29-17-25(35(43)44)21-7-3-5-9-23(21)33(29)37)20-12-14-28(32(16-20)48-2)40-42-30-18-26(36(45)46)22-8-4-6-10-24(22)34(30)38/h3-18H,37-38H2,1-2H3,(H,43,44)(H,45,46). The summed E-state index contributed by atoms with van der Waals surface area (Å²) in [7, 11) is 3.01. The van der Waals surface area contributed by atoms with Crippen molar-refractivity contribution in [2.45, 2.75) is 0 Å². The number of azo groups is 2. The Morgan fingerprint density at radius 2 is 0.875 bits per heavy atom. The van der Waals surface area contributed by atoms with E-state index in [0.717, 1.165) is 11.1 Å². The summed E-state index contributed by atoms with van der Waals surface area (Å²) in [5, 5.41) is 38.8. The lowest BCUT2D eigenvalue weighted by atomic mass is 10.0. The number of anilines is 2.